The van der Waals surface area contributed by atoms with Gasteiger partial charge >= 0.3 is 0 Å². The molecule has 17 heavy (non-hydrogen) atoms. The van der Waals surface area contributed by atoms with Crippen molar-refractivity contribution in [2.24, 2.45) is 17.3 Å². The van der Waals surface area contributed by atoms with Gasteiger partial charge in [0.2, 0.25) is 0 Å². The molecule has 0 spiro atoms. The van der Waals surface area contributed by atoms with Crippen molar-refractivity contribution in [1.29, 1.82) is 0 Å². The van der Waals surface area contributed by atoms with Crippen molar-refractivity contribution in [3.8, 4) is 0 Å². The van der Waals surface area contributed by atoms with Crippen molar-refractivity contribution in [3.63, 3.8) is 0 Å². The maximum absolute atomic E-state index is 4.07. The summed E-state index contributed by atoms with van der Waals surface area (Å²) in [6.45, 7) is 4.90. The first-order valence-electron chi connectivity index (χ1n) is 6.76. The Balaban J connectivity index is 1.65. The molecule has 1 aromatic rings. The predicted octanol–water partition coefficient (Wildman–Crippen LogP) is 4.01. The van der Waals surface area contributed by atoms with Gasteiger partial charge < -0.3 is 0 Å². The van der Waals surface area contributed by atoms with E-state index < -0.39 is 0 Å². The van der Waals surface area contributed by atoms with Crippen LogP contribution in [0.3, 0.4) is 0 Å². The fourth-order valence-corrected chi connectivity index (χ4v) is 3.60. The summed E-state index contributed by atoms with van der Waals surface area (Å²) >= 11 is 0. The van der Waals surface area contributed by atoms with Gasteiger partial charge in [-0.05, 0) is 60.6 Å². The smallest absolute Gasteiger partial charge is 0.0270 e. The van der Waals surface area contributed by atoms with Gasteiger partial charge in [0.05, 0.1) is 0 Å². The summed E-state index contributed by atoms with van der Waals surface area (Å²) in [5.41, 5.74) is 3.71. The number of hydrogen-bond donors (Lipinski definition) is 0. The number of aromatic nitrogens is 1. The Morgan fingerprint density at radius 2 is 2.00 bits per heavy atom. The van der Waals surface area contributed by atoms with Crippen molar-refractivity contribution < 1.29 is 0 Å². The van der Waals surface area contributed by atoms with Gasteiger partial charge in [0.25, 0.3) is 0 Å². The highest BCUT2D eigenvalue weighted by molar-refractivity contribution is 5.24. The zero-order valence-corrected chi connectivity index (χ0v) is 10.8. The minimum atomic E-state index is 0.572. The lowest BCUT2D eigenvalue weighted by Gasteiger charge is -2.56. The van der Waals surface area contributed by atoms with E-state index in [0.717, 1.165) is 11.8 Å². The molecule has 1 fully saturated rings. The third kappa shape index (κ3) is 1.82. The van der Waals surface area contributed by atoms with Crippen LogP contribution < -0.4 is 0 Å². The van der Waals surface area contributed by atoms with Gasteiger partial charge in [-0.2, -0.15) is 0 Å². The van der Waals surface area contributed by atoms with Crippen LogP contribution in [0.4, 0.5) is 0 Å². The first-order valence-corrected chi connectivity index (χ1v) is 6.76. The first-order chi connectivity index (χ1) is 8.18. The average molecular weight is 227 g/mol. The second-order valence-corrected chi connectivity index (χ2v) is 6.18. The monoisotopic (exact) mass is 227 g/mol. The highest BCUT2D eigenvalue weighted by atomic mass is 14.6. The molecule has 1 heteroatoms. The number of hydrogen-bond acceptors (Lipinski definition) is 1. The quantitative estimate of drug-likeness (QED) is 0.711. The lowest BCUT2D eigenvalue weighted by atomic mass is 9.48. The largest absolute Gasteiger partial charge is 0.265 e. The zero-order valence-electron chi connectivity index (χ0n) is 10.8. The minimum Gasteiger partial charge on any atom is -0.265 e. The Labute approximate surface area is 104 Å². The maximum Gasteiger partial charge on any atom is 0.0270 e. The van der Waals surface area contributed by atoms with Crippen LogP contribution in [0.25, 0.3) is 0 Å². The normalized spacial score (nSPS) is 29.4. The van der Waals surface area contributed by atoms with Gasteiger partial charge in [0, 0.05) is 12.4 Å². The summed E-state index contributed by atoms with van der Waals surface area (Å²) in [5.74, 6) is 1.82. The average Bonchev–Trinajstić information content (AvgIpc) is 2.37. The Morgan fingerprint density at radius 3 is 2.65 bits per heavy atom. The molecular formula is C16H21N. The number of pyridine rings is 1. The second-order valence-electron chi connectivity index (χ2n) is 6.18. The molecule has 3 aliphatic rings. The highest BCUT2D eigenvalue weighted by Gasteiger charge is 2.50. The van der Waals surface area contributed by atoms with E-state index in [2.05, 4.69) is 37.0 Å². The molecule has 90 valence electrons. The maximum atomic E-state index is 4.07. The predicted molar refractivity (Wildman–Crippen MR) is 70.6 cm³/mol. The Bertz CT molecular complexity index is 430. The van der Waals surface area contributed by atoms with Gasteiger partial charge in [-0.1, -0.05) is 25.5 Å². The van der Waals surface area contributed by atoms with E-state index in [0.29, 0.717) is 5.41 Å². The molecule has 1 heterocycles. The second kappa shape index (κ2) is 3.97. The van der Waals surface area contributed by atoms with E-state index in [1.54, 1.807) is 5.57 Å². The lowest BCUT2D eigenvalue weighted by Crippen LogP contribution is -2.48. The van der Waals surface area contributed by atoms with Gasteiger partial charge in [-0.3, -0.25) is 4.98 Å². The molecule has 2 bridgehead atoms. The summed E-state index contributed by atoms with van der Waals surface area (Å²) in [7, 11) is 0. The van der Waals surface area contributed by atoms with Crippen LogP contribution in [0.15, 0.2) is 36.2 Å². The van der Waals surface area contributed by atoms with Crippen molar-refractivity contribution in [1.82, 2.24) is 4.98 Å². The van der Waals surface area contributed by atoms with E-state index in [9.17, 15) is 0 Å². The third-order valence-corrected chi connectivity index (χ3v) is 5.03. The molecule has 1 nitrogen and oxygen atoms in total. The number of fused-ring (bicyclic) bond motifs is 1. The van der Waals surface area contributed by atoms with Crippen LogP contribution in [0, 0.1) is 17.3 Å². The molecule has 0 aromatic carbocycles. The van der Waals surface area contributed by atoms with E-state index in [4.69, 9.17) is 0 Å². The fourth-order valence-electron chi connectivity index (χ4n) is 3.60. The topological polar surface area (TPSA) is 12.9 Å². The molecule has 4 rings (SSSR count). The summed E-state index contributed by atoms with van der Waals surface area (Å²) in [6.07, 6.45) is 11.5. The van der Waals surface area contributed by atoms with Crippen LogP contribution in [0.5, 0.6) is 0 Å². The molecule has 2 atom stereocenters. The van der Waals surface area contributed by atoms with E-state index in [1.165, 1.54) is 31.2 Å². The van der Waals surface area contributed by atoms with Crippen molar-refractivity contribution in [2.75, 3.05) is 0 Å². The Morgan fingerprint density at radius 1 is 1.24 bits per heavy atom. The SMILES string of the molecule is CC1(C)C2CC=C(CCc3ccncc3)C1C2. The van der Waals surface area contributed by atoms with Gasteiger partial charge in [0.15, 0.2) is 0 Å². The van der Waals surface area contributed by atoms with Gasteiger partial charge in [0.1, 0.15) is 0 Å². The number of rotatable bonds is 3. The minimum absolute atomic E-state index is 0.572. The van der Waals surface area contributed by atoms with E-state index in [-0.39, 0.29) is 0 Å². The van der Waals surface area contributed by atoms with Crippen molar-refractivity contribution in [2.45, 2.75) is 39.5 Å². The molecule has 0 aliphatic heterocycles. The molecule has 3 aliphatic carbocycles. The third-order valence-electron chi connectivity index (χ3n) is 5.03. The molecular weight excluding hydrogens is 206 g/mol. The van der Waals surface area contributed by atoms with Crippen LogP contribution in [0.1, 0.15) is 38.7 Å². The lowest BCUT2D eigenvalue weighted by molar-refractivity contribution is -0.00816. The van der Waals surface area contributed by atoms with Crippen LogP contribution >= 0.6 is 0 Å². The molecule has 1 aromatic heterocycles. The summed E-state index contributed by atoms with van der Waals surface area (Å²) in [5, 5.41) is 0. The van der Waals surface area contributed by atoms with E-state index in [1.807, 2.05) is 12.4 Å². The first kappa shape index (κ1) is 11.0. The van der Waals surface area contributed by atoms with Crippen molar-refractivity contribution >= 4 is 0 Å². The molecule has 0 saturated heterocycles. The highest BCUT2D eigenvalue weighted by Crippen LogP contribution is 2.59. The molecule has 0 radical (unpaired) electrons. The van der Waals surface area contributed by atoms with E-state index >= 15 is 0 Å². The number of allylic oxidation sites excluding steroid dienone is 2. The van der Waals surface area contributed by atoms with Crippen LogP contribution in [-0.4, -0.2) is 4.98 Å². The molecule has 1 saturated carbocycles. The Hall–Kier alpha value is -1.11. The molecule has 0 N–H and O–H groups in total. The van der Waals surface area contributed by atoms with Crippen LogP contribution in [0.2, 0.25) is 0 Å². The standard InChI is InChI=1S/C16H21N/c1-16(2)14-6-5-13(15(16)11-14)4-3-12-7-9-17-10-8-12/h5,7-10,14-15H,3-4,6,11H2,1-2H3. The summed E-state index contributed by atoms with van der Waals surface area (Å²) < 4.78 is 0. The summed E-state index contributed by atoms with van der Waals surface area (Å²) in [4.78, 5) is 4.07. The van der Waals surface area contributed by atoms with Crippen LogP contribution in [-0.2, 0) is 6.42 Å². The van der Waals surface area contributed by atoms with Gasteiger partial charge in [-0.25, -0.2) is 0 Å². The molecule has 0 amide bonds. The van der Waals surface area contributed by atoms with Crippen molar-refractivity contribution in [3.05, 3.63) is 41.7 Å². The zero-order chi connectivity index (χ0) is 11.9. The number of aryl methyl sites for hydroxylation is 1. The fraction of sp³-hybridized carbons (Fsp3) is 0.562. The number of nitrogens with zero attached hydrogens (tertiary/aromatic N) is 1. The Kier molecular flexibility index (Phi) is 2.57. The molecule has 2 unspecified atom stereocenters. The van der Waals surface area contributed by atoms with Gasteiger partial charge in [-0.15, -0.1) is 0 Å². The summed E-state index contributed by atoms with van der Waals surface area (Å²) in [6, 6.07) is 4.27.